The molecule has 15 atom stereocenters. The van der Waals surface area contributed by atoms with Crippen LogP contribution in [-0.4, -0.2) is 205 Å². The van der Waals surface area contributed by atoms with Crippen molar-refractivity contribution in [3.05, 3.63) is 113 Å². The van der Waals surface area contributed by atoms with E-state index in [9.17, 15) is 75.3 Å². The molecule has 28 nitrogen and oxygen atoms in total. The van der Waals surface area contributed by atoms with Gasteiger partial charge in [0, 0.05) is 29.8 Å². The molecular formula is C55H58O28. The Labute approximate surface area is 469 Å². The minimum Gasteiger partial charge on any atom is -0.508 e. The van der Waals surface area contributed by atoms with E-state index in [1.807, 2.05) is 0 Å². The van der Waals surface area contributed by atoms with Crippen LogP contribution >= 0.6 is 0 Å². The predicted octanol–water partition coefficient (Wildman–Crippen LogP) is 0.0135. The van der Waals surface area contributed by atoms with Crippen LogP contribution in [0.2, 0.25) is 0 Å². The van der Waals surface area contributed by atoms with Crippen molar-refractivity contribution in [1.82, 2.24) is 0 Å². The van der Waals surface area contributed by atoms with Crippen molar-refractivity contribution in [3.63, 3.8) is 0 Å². The van der Waals surface area contributed by atoms with Gasteiger partial charge in [-0.1, -0.05) is 24.3 Å². The van der Waals surface area contributed by atoms with E-state index in [1.54, 1.807) is 0 Å². The van der Waals surface area contributed by atoms with E-state index < -0.39 is 148 Å². The second kappa shape index (κ2) is 26.8. The van der Waals surface area contributed by atoms with E-state index in [0.29, 0.717) is 11.1 Å². The first-order chi connectivity index (χ1) is 39.6. The van der Waals surface area contributed by atoms with Crippen LogP contribution in [0.1, 0.15) is 34.8 Å². The molecule has 4 aromatic rings. The van der Waals surface area contributed by atoms with Gasteiger partial charge in [-0.25, -0.2) is 9.59 Å². The van der Waals surface area contributed by atoms with Gasteiger partial charge in [0.15, 0.2) is 47.6 Å². The lowest BCUT2D eigenvalue weighted by Crippen LogP contribution is -2.63. The lowest BCUT2D eigenvalue weighted by Gasteiger charge is -2.45. The van der Waals surface area contributed by atoms with Crippen LogP contribution < -0.4 is 18.9 Å². The van der Waals surface area contributed by atoms with E-state index in [1.165, 1.54) is 93.1 Å². The molecule has 0 aromatic heterocycles. The van der Waals surface area contributed by atoms with Gasteiger partial charge in [0.05, 0.1) is 26.4 Å². The molecule has 0 radical (unpaired) electrons. The normalized spacial score (nSPS) is 28.7. The molecule has 0 saturated carbocycles. The molecule has 1 unspecified atom stereocenters. The van der Waals surface area contributed by atoms with Crippen LogP contribution in [0.5, 0.6) is 46.0 Å². The number of carbonyl (C=O) groups excluding carboxylic acids is 3. The minimum absolute atomic E-state index is 0.0804. The summed E-state index contributed by atoms with van der Waals surface area (Å²) in [4.78, 5) is 49.6. The summed E-state index contributed by atoms with van der Waals surface area (Å²) in [5, 5.41) is 128. The van der Waals surface area contributed by atoms with Crippen molar-refractivity contribution in [2.24, 2.45) is 0 Å². The Morgan fingerprint density at radius 3 is 1.83 bits per heavy atom. The molecule has 12 N–H and O–H groups in total. The highest BCUT2D eigenvalue weighted by Gasteiger charge is 2.52. The molecule has 0 amide bonds. The number of aliphatic carboxylic acids is 1. The average molecular weight is 1170 g/mol. The van der Waals surface area contributed by atoms with Gasteiger partial charge in [0.1, 0.15) is 103 Å². The highest BCUT2D eigenvalue weighted by atomic mass is 16.8. The van der Waals surface area contributed by atoms with Crippen LogP contribution in [0.15, 0.2) is 90.7 Å². The fraction of sp³-hybridized carbons (Fsp3) is 0.382. The predicted molar refractivity (Wildman–Crippen MR) is 275 cm³/mol. The van der Waals surface area contributed by atoms with E-state index in [0.717, 1.165) is 24.3 Å². The SMILES string of the molecule is COc1cc(/C=C/C(=O)OC[C@H]2O[C@@H](OC3=Cc4c(cc(O)cc4O[C@@H]4O[C@@H](COC(=O)CC(=O)O)[C@@H](O)[C@H](O)[C@@H]4O)OC3c3ccc(O)cc3)[C@H](O[C@H]3OC[C@@H](O)[C@@H](O)[C@H]3OC(=O)/C=C/c3ccc(O)c(OC)c3)[C@@H](O)[C@@H]2O)ccc1O. The van der Waals surface area contributed by atoms with Gasteiger partial charge < -0.3 is 118 Å². The van der Waals surface area contributed by atoms with Gasteiger partial charge in [-0.3, -0.25) is 9.59 Å². The summed E-state index contributed by atoms with van der Waals surface area (Å²) in [7, 11) is 2.64. The second-order valence-corrected chi connectivity index (χ2v) is 18.9. The number of aromatic hydroxyl groups is 4. The Kier molecular flexibility index (Phi) is 19.6. The van der Waals surface area contributed by atoms with Gasteiger partial charge in [0.25, 0.3) is 0 Å². The molecule has 3 saturated heterocycles. The fourth-order valence-electron chi connectivity index (χ4n) is 8.82. The lowest BCUT2D eigenvalue weighted by molar-refractivity contribution is -0.353. The average Bonchev–Trinajstić information content (AvgIpc) is 3.62. The Morgan fingerprint density at radius 2 is 1.20 bits per heavy atom. The van der Waals surface area contributed by atoms with Crippen LogP contribution in [0.3, 0.4) is 0 Å². The summed E-state index contributed by atoms with van der Waals surface area (Å²) >= 11 is 0. The number of carbonyl (C=O) groups is 4. The molecule has 4 aliphatic rings. The van der Waals surface area contributed by atoms with Gasteiger partial charge in [-0.15, -0.1) is 0 Å². The highest BCUT2D eigenvalue weighted by Crippen LogP contribution is 2.46. The number of esters is 3. The van der Waals surface area contributed by atoms with Gasteiger partial charge in [-0.05, 0) is 65.8 Å². The van der Waals surface area contributed by atoms with Gasteiger partial charge >= 0.3 is 23.9 Å². The fourth-order valence-corrected chi connectivity index (χ4v) is 8.82. The zero-order chi connectivity index (χ0) is 59.8. The number of carboxylic acid groups (broad SMARTS) is 1. The summed E-state index contributed by atoms with van der Waals surface area (Å²) in [5.74, 6) is -6.50. The topological polar surface area (TPSA) is 422 Å². The number of hydrogen-bond donors (Lipinski definition) is 12. The summed E-state index contributed by atoms with van der Waals surface area (Å²) in [6.07, 6.45) is -23.2. The third-order valence-corrected chi connectivity index (χ3v) is 13.2. The van der Waals surface area contributed by atoms with Crippen molar-refractivity contribution >= 4 is 42.1 Å². The smallest absolute Gasteiger partial charge is 0.331 e. The number of aliphatic hydroxyl groups is 7. The lowest BCUT2D eigenvalue weighted by atomic mass is 9.97. The summed E-state index contributed by atoms with van der Waals surface area (Å²) in [6.45, 7) is -2.23. The standard InChI is InChI=1S/C55H58O28/c1-72-35-15-24(3-11-30(35)58)5-13-41(63)74-22-39-46(68)48(70)52(83-54-51(44(66)32(60)21-76-54)82-42(64)14-6-25-4-12-31(59)36(16-25)73-2)55(81-39)79-37-19-29-33(77-50(37)26-7-9-27(56)10-8-26)17-28(57)18-34(29)78-53-49(71)47(69)45(67)38(80-53)23-75-43(65)20-40(61)62/h3-19,32,38-39,44-60,66-71H,20-23H2,1-2H3,(H,61,62)/b13-5+,14-6+/t32-,38+,39-,44-,45-,46-,47+,48+,49+,50?,51-,52-,53-,54-,55-/m1/s1. The Morgan fingerprint density at radius 1 is 0.602 bits per heavy atom. The third kappa shape index (κ3) is 14.7. The molecule has 4 heterocycles. The molecule has 0 spiro atoms. The quantitative estimate of drug-likeness (QED) is 0.0240. The summed E-state index contributed by atoms with van der Waals surface area (Å²) in [6, 6.07) is 15.9. The molecule has 83 heavy (non-hydrogen) atoms. The maximum atomic E-state index is 13.4. The molecule has 4 aliphatic heterocycles. The zero-order valence-corrected chi connectivity index (χ0v) is 43.7. The van der Waals surface area contributed by atoms with Gasteiger partial charge in [-0.2, -0.15) is 0 Å². The molecule has 0 aliphatic carbocycles. The van der Waals surface area contributed by atoms with E-state index in [-0.39, 0.29) is 57.1 Å². The molecule has 0 bridgehead atoms. The highest BCUT2D eigenvalue weighted by molar-refractivity contribution is 5.90. The Hall–Kier alpha value is -8.26. The number of rotatable bonds is 20. The summed E-state index contributed by atoms with van der Waals surface area (Å²) < 4.78 is 68.9. The third-order valence-electron chi connectivity index (χ3n) is 13.2. The van der Waals surface area contributed by atoms with E-state index in [2.05, 4.69) is 0 Å². The van der Waals surface area contributed by atoms with E-state index >= 15 is 0 Å². The van der Waals surface area contributed by atoms with Crippen LogP contribution in [0.4, 0.5) is 0 Å². The molecule has 4 aromatic carbocycles. The molecule has 3 fully saturated rings. The van der Waals surface area contributed by atoms with Crippen molar-refractivity contribution in [2.45, 2.75) is 98.5 Å². The molecular weight excluding hydrogens is 1110 g/mol. The summed E-state index contributed by atoms with van der Waals surface area (Å²) in [5.41, 5.74) is 0.907. The largest absolute Gasteiger partial charge is 0.508 e. The Balaban J connectivity index is 1.13. The monoisotopic (exact) mass is 1170 g/mol. The van der Waals surface area contributed by atoms with Crippen molar-refractivity contribution in [3.8, 4) is 46.0 Å². The van der Waals surface area contributed by atoms with Crippen molar-refractivity contribution < 1.29 is 137 Å². The maximum Gasteiger partial charge on any atom is 0.331 e. The van der Waals surface area contributed by atoms with Crippen LogP contribution in [-0.2, 0) is 57.1 Å². The maximum absolute atomic E-state index is 13.4. The first kappa shape index (κ1) is 60.8. The number of aliphatic hydroxyl groups excluding tert-OH is 7. The number of ether oxygens (including phenoxy) is 12. The van der Waals surface area contributed by atoms with Crippen LogP contribution in [0.25, 0.3) is 18.2 Å². The van der Waals surface area contributed by atoms with Crippen molar-refractivity contribution in [1.29, 1.82) is 0 Å². The number of phenols is 4. The second-order valence-electron chi connectivity index (χ2n) is 18.9. The molecule has 446 valence electrons. The van der Waals surface area contributed by atoms with Gasteiger partial charge in [0.2, 0.25) is 12.6 Å². The number of carboxylic acids is 1. The number of fused-ring (bicyclic) bond motifs is 1. The number of hydrogen-bond acceptors (Lipinski definition) is 27. The first-order valence-electron chi connectivity index (χ1n) is 25.2. The minimum atomic E-state index is -2.12. The first-order valence-corrected chi connectivity index (χ1v) is 25.2. The number of methoxy groups -OCH3 is 2. The van der Waals surface area contributed by atoms with Crippen LogP contribution in [0, 0.1) is 0 Å². The molecule has 28 heteroatoms. The van der Waals surface area contributed by atoms with Crippen molar-refractivity contribution in [2.75, 3.05) is 34.0 Å². The number of phenolic OH excluding ortho intramolecular Hbond substituents is 4. The van der Waals surface area contributed by atoms with E-state index in [4.69, 9.17) is 61.9 Å². The zero-order valence-electron chi connectivity index (χ0n) is 43.7. The number of benzene rings is 4. The Bertz CT molecular complexity index is 3050. The molecule has 8 rings (SSSR count).